The molecule has 0 radical (unpaired) electrons. The van der Waals surface area contributed by atoms with E-state index in [0.29, 0.717) is 24.7 Å². The molecule has 7 heteroatoms. The van der Waals surface area contributed by atoms with Crippen molar-refractivity contribution in [1.82, 2.24) is 9.80 Å². The molecule has 2 rings (SSSR count). The SMILES string of the molecule is CC(=O)N1CCN(Cc2cc([N+](=O)[O-])ccc2Cl)CC1. The number of amides is 1. The van der Waals surface area contributed by atoms with Gasteiger partial charge in [0.2, 0.25) is 5.91 Å². The molecule has 1 saturated heterocycles. The van der Waals surface area contributed by atoms with E-state index in [4.69, 9.17) is 11.6 Å². The van der Waals surface area contributed by atoms with E-state index in [1.807, 2.05) is 0 Å². The van der Waals surface area contributed by atoms with Crippen molar-refractivity contribution in [3.05, 3.63) is 38.9 Å². The standard InChI is InChI=1S/C13H16ClN3O3/c1-10(18)16-6-4-15(5-7-16)9-11-8-12(17(19)20)2-3-13(11)14/h2-3,8H,4-7,9H2,1H3. The molecule has 0 atom stereocenters. The summed E-state index contributed by atoms with van der Waals surface area (Å²) < 4.78 is 0. The second-order valence-electron chi connectivity index (χ2n) is 4.82. The van der Waals surface area contributed by atoms with E-state index in [0.717, 1.165) is 18.7 Å². The average molecular weight is 298 g/mol. The Hall–Kier alpha value is -1.66. The first-order valence-electron chi connectivity index (χ1n) is 6.38. The number of carbonyl (C=O) groups excluding carboxylic acids is 1. The van der Waals surface area contributed by atoms with Crippen LogP contribution in [0.3, 0.4) is 0 Å². The number of hydrogen-bond donors (Lipinski definition) is 0. The number of rotatable bonds is 3. The van der Waals surface area contributed by atoms with Crippen LogP contribution < -0.4 is 0 Å². The average Bonchev–Trinajstić information content (AvgIpc) is 2.41. The lowest BCUT2D eigenvalue weighted by atomic mass is 10.1. The molecule has 0 aromatic heterocycles. The zero-order chi connectivity index (χ0) is 14.7. The van der Waals surface area contributed by atoms with Crippen LogP contribution in [-0.2, 0) is 11.3 Å². The summed E-state index contributed by atoms with van der Waals surface area (Å²) in [4.78, 5) is 25.5. The third kappa shape index (κ3) is 3.46. The van der Waals surface area contributed by atoms with Crippen LogP contribution in [0.4, 0.5) is 5.69 Å². The maximum absolute atomic E-state index is 11.2. The molecule has 1 fully saturated rings. The van der Waals surface area contributed by atoms with Crippen LogP contribution in [0.25, 0.3) is 0 Å². The summed E-state index contributed by atoms with van der Waals surface area (Å²) in [5.74, 6) is 0.0815. The van der Waals surface area contributed by atoms with E-state index in [2.05, 4.69) is 4.90 Å². The third-order valence-corrected chi connectivity index (χ3v) is 3.82. The number of hydrogen-bond acceptors (Lipinski definition) is 4. The van der Waals surface area contributed by atoms with Gasteiger partial charge in [-0.1, -0.05) is 11.6 Å². The molecule has 1 heterocycles. The van der Waals surface area contributed by atoms with Gasteiger partial charge in [-0.15, -0.1) is 0 Å². The van der Waals surface area contributed by atoms with Crippen molar-refractivity contribution in [3.63, 3.8) is 0 Å². The minimum Gasteiger partial charge on any atom is -0.340 e. The summed E-state index contributed by atoms with van der Waals surface area (Å²) in [5, 5.41) is 11.3. The van der Waals surface area contributed by atoms with Crippen LogP contribution >= 0.6 is 11.6 Å². The Labute approximate surface area is 122 Å². The largest absolute Gasteiger partial charge is 0.340 e. The van der Waals surface area contributed by atoms with Crippen LogP contribution in [0, 0.1) is 10.1 Å². The van der Waals surface area contributed by atoms with E-state index in [1.54, 1.807) is 17.9 Å². The van der Waals surface area contributed by atoms with Crippen LogP contribution in [-0.4, -0.2) is 46.8 Å². The van der Waals surface area contributed by atoms with E-state index >= 15 is 0 Å². The highest BCUT2D eigenvalue weighted by Crippen LogP contribution is 2.23. The van der Waals surface area contributed by atoms with Gasteiger partial charge < -0.3 is 4.90 Å². The van der Waals surface area contributed by atoms with Gasteiger partial charge in [-0.05, 0) is 11.6 Å². The van der Waals surface area contributed by atoms with Crippen molar-refractivity contribution >= 4 is 23.2 Å². The minimum absolute atomic E-state index is 0.0479. The summed E-state index contributed by atoms with van der Waals surface area (Å²) in [6.07, 6.45) is 0. The first kappa shape index (κ1) is 14.7. The second-order valence-corrected chi connectivity index (χ2v) is 5.22. The molecule has 0 unspecified atom stereocenters. The summed E-state index contributed by atoms with van der Waals surface area (Å²) in [6.45, 7) is 4.99. The van der Waals surface area contributed by atoms with Gasteiger partial charge in [0, 0.05) is 56.8 Å². The van der Waals surface area contributed by atoms with E-state index in [1.165, 1.54) is 12.1 Å². The lowest BCUT2D eigenvalue weighted by molar-refractivity contribution is -0.384. The number of piperazine rings is 1. The molecule has 1 aromatic carbocycles. The predicted molar refractivity (Wildman–Crippen MR) is 75.6 cm³/mol. The topological polar surface area (TPSA) is 66.7 Å². The lowest BCUT2D eigenvalue weighted by Crippen LogP contribution is -2.47. The van der Waals surface area contributed by atoms with Crippen molar-refractivity contribution in [1.29, 1.82) is 0 Å². The number of nitro benzene ring substituents is 1. The molecule has 6 nitrogen and oxygen atoms in total. The van der Waals surface area contributed by atoms with Gasteiger partial charge in [0.1, 0.15) is 0 Å². The fourth-order valence-electron chi connectivity index (χ4n) is 2.26. The summed E-state index contributed by atoms with van der Waals surface area (Å²) >= 11 is 6.09. The van der Waals surface area contributed by atoms with Crippen LogP contribution in [0.1, 0.15) is 12.5 Å². The van der Waals surface area contributed by atoms with Gasteiger partial charge in [0.25, 0.3) is 5.69 Å². The van der Waals surface area contributed by atoms with Gasteiger partial charge in [-0.3, -0.25) is 19.8 Å². The molecule has 0 bridgehead atoms. The van der Waals surface area contributed by atoms with Crippen LogP contribution in [0.2, 0.25) is 5.02 Å². The van der Waals surface area contributed by atoms with Gasteiger partial charge in [-0.2, -0.15) is 0 Å². The molecule has 0 aliphatic carbocycles. The molecular formula is C13H16ClN3O3. The van der Waals surface area contributed by atoms with E-state index in [9.17, 15) is 14.9 Å². The fourth-order valence-corrected chi connectivity index (χ4v) is 2.43. The second kappa shape index (κ2) is 6.19. The zero-order valence-corrected chi connectivity index (χ0v) is 12.0. The van der Waals surface area contributed by atoms with Crippen molar-refractivity contribution < 1.29 is 9.72 Å². The summed E-state index contributed by atoms with van der Waals surface area (Å²) in [6, 6.07) is 4.47. The normalized spacial score (nSPS) is 16.2. The van der Waals surface area contributed by atoms with Gasteiger partial charge in [0.05, 0.1) is 4.92 Å². The maximum Gasteiger partial charge on any atom is 0.269 e. The third-order valence-electron chi connectivity index (χ3n) is 3.45. The van der Waals surface area contributed by atoms with Crippen LogP contribution in [0.15, 0.2) is 18.2 Å². The van der Waals surface area contributed by atoms with Crippen molar-refractivity contribution in [2.24, 2.45) is 0 Å². The number of non-ortho nitro benzene ring substituents is 1. The molecule has 1 aromatic rings. The molecule has 1 aliphatic rings. The number of halogens is 1. The van der Waals surface area contributed by atoms with Gasteiger partial charge in [0.15, 0.2) is 0 Å². The Bertz CT molecular complexity index is 528. The van der Waals surface area contributed by atoms with Gasteiger partial charge >= 0.3 is 0 Å². The number of carbonyl (C=O) groups is 1. The monoisotopic (exact) mass is 297 g/mol. The Morgan fingerprint density at radius 3 is 2.55 bits per heavy atom. The van der Waals surface area contributed by atoms with Crippen LogP contribution in [0.5, 0.6) is 0 Å². The molecule has 1 amide bonds. The maximum atomic E-state index is 11.2. The number of benzene rings is 1. The molecule has 0 N–H and O–H groups in total. The molecule has 0 spiro atoms. The van der Waals surface area contributed by atoms with Crippen molar-refractivity contribution in [2.45, 2.75) is 13.5 Å². The Kier molecular flexibility index (Phi) is 4.57. The first-order chi connectivity index (χ1) is 9.47. The molecule has 108 valence electrons. The van der Waals surface area contributed by atoms with E-state index in [-0.39, 0.29) is 11.6 Å². The number of nitro groups is 1. The molecule has 1 aliphatic heterocycles. The Morgan fingerprint density at radius 1 is 1.35 bits per heavy atom. The van der Waals surface area contributed by atoms with Crippen molar-refractivity contribution in [2.75, 3.05) is 26.2 Å². The van der Waals surface area contributed by atoms with E-state index < -0.39 is 4.92 Å². The quantitative estimate of drug-likeness (QED) is 0.631. The first-order valence-corrected chi connectivity index (χ1v) is 6.76. The Morgan fingerprint density at radius 2 is 2.00 bits per heavy atom. The summed E-state index contributed by atoms with van der Waals surface area (Å²) in [5.41, 5.74) is 0.795. The minimum atomic E-state index is -0.423. The predicted octanol–water partition coefficient (Wildman–Crippen LogP) is 1.91. The smallest absolute Gasteiger partial charge is 0.269 e. The van der Waals surface area contributed by atoms with Crippen molar-refractivity contribution in [3.8, 4) is 0 Å². The lowest BCUT2D eigenvalue weighted by Gasteiger charge is -2.34. The Balaban J connectivity index is 2.02. The molecule has 0 saturated carbocycles. The zero-order valence-electron chi connectivity index (χ0n) is 11.2. The fraction of sp³-hybridized carbons (Fsp3) is 0.462. The highest BCUT2D eigenvalue weighted by molar-refractivity contribution is 6.31. The number of nitrogens with zero attached hydrogens (tertiary/aromatic N) is 3. The summed E-state index contributed by atoms with van der Waals surface area (Å²) in [7, 11) is 0. The highest BCUT2D eigenvalue weighted by atomic mass is 35.5. The van der Waals surface area contributed by atoms with Gasteiger partial charge in [-0.25, -0.2) is 0 Å². The molecule has 20 heavy (non-hydrogen) atoms. The molecular weight excluding hydrogens is 282 g/mol. The highest BCUT2D eigenvalue weighted by Gasteiger charge is 2.20.